The third-order valence-electron chi connectivity index (χ3n) is 6.31. The first-order valence-corrected chi connectivity index (χ1v) is 12.3. The summed E-state index contributed by atoms with van der Waals surface area (Å²) in [4.78, 5) is 39.7. The zero-order valence-corrected chi connectivity index (χ0v) is 21.8. The van der Waals surface area contributed by atoms with Crippen molar-refractivity contribution in [2.24, 2.45) is 0 Å². The second-order valence-corrected chi connectivity index (χ2v) is 9.42. The van der Waals surface area contributed by atoms with Gasteiger partial charge in [0, 0.05) is 68.2 Å². The van der Waals surface area contributed by atoms with Gasteiger partial charge in [-0.15, -0.1) is 0 Å². The lowest BCUT2D eigenvalue weighted by Gasteiger charge is -2.28. The summed E-state index contributed by atoms with van der Waals surface area (Å²) >= 11 is 6.12. The van der Waals surface area contributed by atoms with Crippen molar-refractivity contribution in [3.8, 4) is 0 Å². The first-order valence-electron chi connectivity index (χ1n) is 11.9. The fraction of sp³-hybridized carbons (Fsp3) is 0.286. The Morgan fingerprint density at radius 2 is 1.25 bits per heavy atom. The van der Waals surface area contributed by atoms with Crippen LogP contribution in [0.25, 0.3) is 21.8 Å². The quantitative estimate of drug-likeness (QED) is 0.335. The summed E-state index contributed by atoms with van der Waals surface area (Å²) in [7, 11) is 2.00. The lowest BCUT2D eigenvalue weighted by atomic mass is 10.1. The molecule has 7 nitrogen and oxygen atoms in total. The van der Waals surface area contributed by atoms with Gasteiger partial charge >= 0.3 is 0 Å². The average Bonchev–Trinajstić information content (AvgIpc) is 2.83. The second-order valence-electron chi connectivity index (χ2n) is 8.99. The predicted octanol–water partition coefficient (Wildman–Crippen LogP) is 5.08. The Morgan fingerprint density at radius 3 is 1.78 bits per heavy atom. The molecular weight excluding hydrogens is 474 g/mol. The van der Waals surface area contributed by atoms with Crippen LogP contribution < -0.4 is 9.80 Å². The van der Waals surface area contributed by atoms with E-state index in [1.807, 2.05) is 50.4 Å². The molecule has 2 heterocycles. The monoisotopic (exact) mass is 503 g/mol. The highest BCUT2D eigenvalue weighted by Gasteiger charge is 2.18. The topological polar surface area (TPSA) is 69.6 Å². The average molecular weight is 504 g/mol. The van der Waals surface area contributed by atoms with Crippen LogP contribution in [0.2, 0.25) is 5.02 Å². The fourth-order valence-corrected chi connectivity index (χ4v) is 4.53. The number of halogens is 1. The highest BCUT2D eigenvalue weighted by atomic mass is 35.5. The van der Waals surface area contributed by atoms with E-state index in [9.17, 15) is 9.59 Å². The number of likely N-dealkylation sites (N-methyl/N-ethyl adjacent to an activating group) is 1. The number of nitrogens with zero attached hydrogens (tertiary/aromatic N) is 5. The van der Waals surface area contributed by atoms with Crippen LogP contribution in [-0.2, 0) is 9.59 Å². The maximum atomic E-state index is 12.6. The van der Waals surface area contributed by atoms with Crippen molar-refractivity contribution in [1.29, 1.82) is 0 Å². The maximum absolute atomic E-state index is 12.6. The number of anilines is 2. The lowest BCUT2D eigenvalue weighted by molar-refractivity contribution is -0.117. The lowest BCUT2D eigenvalue weighted by Crippen LogP contribution is -2.40. The Labute approximate surface area is 216 Å². The van der Waals surface area contributed by atoms with E-state index in [-0.39, 0.29) is 11.8 Å². The van der Waals surface area contributed by atoms with Crippen LogP contribution >= 0.6 is 11.6 Å². The minimum atomic E-state index is -0.0465. The summed E-state index contributed by atoms with van der Waals surface area (Å²) in [6.07, 6.45) is 3.44. The number of fused-ring (bicyclic) bond motifs is 2. The standard InChI is InChI=1S/C28H30ClN5O2/c1-19-5-7-23-25(17-19)30-11-9-27(23)33(20(2)35)15-13-32(4)14-16-34(21(3)36)28-10-12-31-26-18-22(29)6-8-24(26)28/h5-12,17-18H,13-16H2,1-4H3. The summed E-state index contributed by atoms with van der Waals surface area (Å²) in [5.74, 6) is -0.0708. The number of benzene rings is 2. The van der Waals surface area contributed by atoms with E-state index in [1.165, 1.54) is 0 Å². The molecule has 36 heavy (non-hydrogen) atoms. The number of hydrogen-bond acceptors (Lipinski definition) is 5. The molecule has 2 aromatic heterocycles. The van der Waals surface area contributed by atoms with E-state index >= 15 is 0 Å². The molecule has 2 amide bonds. The van der Waals surface area contributed by atoms with Gasteiger partial charge in [0.05, 0.1) is 22.4 Å². The molecule has 0 bridgehead atoms. The van der Waals surface area contributed by atoms with Crippen LogP contribution in [0.3, 0.4) is 0 Å². The smallest absolute Gasteiger partial charge is 0.223 e. The molecule has 0 radical (unpaired) electrons. The van der Waals surface area contributed by atoms with Gasteiger partial charge in [-0.05, 0) is 55.9 Å². The molecule has 2 aromatic carbocycles. The van der Waals surface area contributed by atoms with E-state index in [0.29, 0.717) is 31.2 Å². The minimum absolute atomic E-state index is 0.0243. The number of amides is 2. The Balaban J connectivity index is 1.47. The third kappa shape index (κ3) is 5.64. The summed E-state index contributed by atoms with van der Waals surface area (Å²) < 4.78 is 0. The fourth-order valence-electron chi connectivity index (χ4n) is 4.37. The number of hydrogen-bond donors (Lipinski definition) is 0. The molecule has 0 N–H and O–H groups in total. The van der Waals surface area contributed by atoms with Crippen molar-refractivity contribution in [2.45, 2.75) is 20.8 Å². The molecule has 186 valence electrons. The van der Waals surface area contributed by atoms with Crippen molar-refractivity contribution in [1.82, 2.24) is 14.9 Å². The number of carbonyl (C=O) groups is 2. The Morgan fingerprint density at radius 1 is 0.750 bits per heavy atom. The number of aromatic nitrogens is 2. The molecule has 0 aliphatic rings. The summed E-state index contributed by atoms with van der Waals surface area (Å²) in [6.45, 7) is 7.49. The van der Waals surface area contributed by atoms with Crippen molar-refractivity contribution >= 4 is 56.6 Å². The molecule has 0 saturated carbocycles. The van der Waals surface area contributed by atoms with Gasteiger partial charge in [-0.2, -0.15) is 0 Å². The van der Waals surface area contributed by atoms with Gasteiger partial charge in [-0.25, -0.2) is 0 Å². The van der Waals surface area contributed by atoms with Crippen LogP contribution in [0.1, 0.15) is 19.4 Å². The zero-order chi connectivity index (χ0) is 25.8. The summed E-state index contributed by atoms with van der Waals surface area (Å²) in [5.41, 5.74) is 4.41. The normalized spacial score (nSPS) is 11.3. The highest BCUT2D eigenvalue weighted by Crippen LogP contribution is 2.28. The van der Waals surface area contributed by atoms with Crippen LogP contribution in [0.4, 0.5) is 11.4 Å². The van der Waals surface area contributed by atoms with Gasteiger partial charge in [-0.1, -0.05) is 23.7 Å². The SMILES string of the molecule is CC(=O)N(CCN(C)CCN(C(C)=O)c1ccnc2cc(Cl)ccc12)c1ccnc2cc(C)ccc12. The molecule has 0 spiro atoms. The molecule has 0 fully saturated rings. The van der Waals surface area contributed by atoms with E-state index in [4.69, 9.17) is 11.6 Å². The molecule has 4 aromatic rings. The van der Waals surface area contributed by atoms with E-state index in [2.05, 4.69) is 14.9 Å². The molecule has 0 aliphatic heterocycles. The van der Waals surface area contributed by atoms with E-state index < -0.39 is 0 Å². The molecule has 0 saturated heterocycles. The van der Waals surface area contributed by atoms with Crippen LogP contribution in [0, 0.1) is 6.92 Å². The van der Waals surface area contributed by atoms with Gasteiger partial charge in [0.25, 0.3) is 0 Å². The van der Waals surface area contributed by atoms with Crippen molar-refractivity contribution in [3.05, 3.63) is 71.5 Å². The summed E-state index contributed by atoms with van der Waals surface area (Å²) in [6, 6.07) is 15.3. The number of carbonyl (C=O) groups excluding carboxylic acids is 2. The number of rotatable bonds is 8. The van der Waals surface area contributed by atoms with E-state index in [0.717, 1.165) is 38.7 Å². The molecular formula is C28H30ClN5O2. The maximum Gasteiger partial charge on any atom is 0.223 e. The molecule has 0 unspecified atom stereocenters. The van der Waals surface area contributed by atoms with Gasteiger partial charge < -0.3 is 14.7 Å². The van der Waals surface area contributed by atoms with Crippen LogP contribution in [0.15, 0.2) is 60.9 Å². The first-order chi connectivity index (χ1) is 17.2. The molecule has 4 rings (SSSR count). The van der Waals surface area contributed by atoms with Gasteiger partial charge in [0.2, 0.25) is 11.8 Å². The van der Waals surface area contributed by atoms with E-state index in [1.54, 1.807) is 48.2 Å². The molecule has 0 aliphatic carbocycles. The minimum Gasteiger partial charge on any atom is -0.311 e. The second kappa shape index (κ2) is 11.0. The van der Waals surface area contributed by atoms with Crippen LogP contribution in [-0.4, -0.2) is 59.9 Å². The molecule has 8 heteroatoms. The van der Waals surface area contributed by atoms with Crippen molar-refractivity contribution < 1.29 is 9.59 Å². The number of pyridine rings is 2. The Hall–Kier alpha value is -3.55. The Kier molecular flexibility index (Phi) is 7.82. The molecule has 0 atom stereocenters. The van der Waals surface area contributed by atoms with Crippen LogP contribution in [0.5, 0.6) is 0 Å². The summed E-state index contributed by atoms with van der Waals surface area (Å²) in [5, 5.41) is 2.43. The van der Waals surface area contributed by atoms with Crippen molar-refractivity contribution in [2.75, 3.05) is 43.0 Å². The van der Waals surface area contributed by atoms with Gasteiger partial charge in [-0.3, -0.25) is 19.6 Å². The Bertz CT molecular complexity index is 1320. The first kappa shape index (κ1) is 25.5. The zero-order valence-electron chi connectivity index (χ0n) is 21.0. The van der Waals surface area contributed by atoms with Gasteiger partial charge in [0.15, 0.2) is 0 Å². The number of aryl methyl sites for hydroxylation is 1. The third-order valence-corrected chi connectivity index (χ3v) is 6.54. The largest absolute Gasteiger partial charge is 0.311 e. The predicted molar refractivity (Wildman–Crippen MR) is 147 cm³/mol. The van der Waals surface area contributed by atoms with Gasteiger partial charge in [0.1, 0.15) is 0 Å². The van der Waals surface area contributed by atoms with Crippen molar-refractivity contribution in [3.63, 3.8) is 0 Å². The highest BCUT2D eigenvalue weighted by molar-refractivity contribution is 6.31.